The molecule has 0 saturated heterocycles. The van der Waals surface area contributed by atoms with E-state index in [1.165, 1.54) is 0 Å². The first kappa shape index (κ1) is 56.7. The van der Waals surface area contributed by atoms with Gasteiger partial charge in [-0.3, -0.25) is 24.0 Å². The number of carbonyl (C=O) groups is 5. The number of carbonyl (C=O) groups excluding carboxylic acids is 3. The van der Waals surface area contributed by atoms with Crippen molar-refractivity contribution in [1.29, 1.82) is 0 Å². The van der Waals surface area contributed by atoms with E-state index >= 15 is 0 Å². The fraction of sp³-hybridized carbons (Fsp3) is 0.875. The largest absolute Gasteiger partial charge is 0.870 e. The molecule has 0 rings (SSSR count). The number of carboxylic acids is 2. The van der Waals surface area contributed by atoms with Crippen LogP contribution in [0.4, 0.5) is 0 Å². The van der Waals surface area contributed by atoms with Gasteiger partial charge in [0.15, 0.2) is 0 Å². The molecule has 311 valence electrons. The van der Waals surface area contributed by atoms with Crippen molar-refractivity contribution in [2.75, 3.05) is 0 Å². The molecule has 5 atom stereocenters. The van der Waals surface area contributed by atoms with Gasteiger partial charge in [0.25, 0.3) is 17.9 Å². The normalized spacial score (nSPS) is 13.2. The zero-order valence-corrected chi connectivity index (χ0v) is 35.5. The summed E-state index contributed by atoms with van der Waals surface area (Å²) in [5, 5.41) is 17.2. The first-order chi connectivity index (χ1) is 24.3. The van der Waals surface area contributed by atoms with E-state index in [0.29, 0.717) is 38.5 Å². The third kappa shape index (κ3) is 29.4. The Morgan fingerprint density at radius 2 is 0.596 bits per heavy atom. The number of aliphatic carboxylic acids is 2. The Morgan fingerprint density at radius 3 is 0.750 bits per heavy atom. The van der Waals surface area contributed by atoms with Crippen LogP contribution in [0, 0.1) is 29.6 Å². The van der Waals surface area contributed by atoms with Crippen molar-refractivity contribution in [1.82, 2.24) is 0 Å². The van der Waals surface area contributed by atoms with Crippen molar-refractivity contribution in [3.05, 3.63) is 0 Å². The minimum atomic E-state index is -1.62. The molecule has 10 nitrogen and oxygen atoms in total. The zero-order valence-electron chi connectivity index (χ0n) is 34.6. The standard InChI is InChI=1S/C24H45BO6.2C8H16O2.Cu/c1-7-13-16-19(10-4)22(26)29-25(30-23(27)20(11-5)17-14-8-2)31-24(28)21(12-6)18-15-9-3;2*1-3-5-6-7(4-2)8(9)10;/h19-21H,7-18H2,1-6H3;2*7H,3-6H2,1-2H3,(H,9,10);. The van der Waals surface area contributed by atoms with Gasteiger partial charge in [0.2, 0.25) is 0 Å². The van der Waals surface area contributed by atoms with Gasteiger partial charge in [0.1, 0.15) is 0 Å². The van der Waals surface area contributed by atoms with Crippen molar-refractivity contribution in [2.24, 2.45) is 29.6 Å². The van der Waals surface area contributed by atoms with Crippen LogP contribution in [0.3, 0.4) is 0 Å². The summed E-state index contributed by atoms with van der Waals surface area (Å²) in [5.74, 6) is -3.86. The molecule has 0 amide bonds. The summed E-state index contributed by atoms with van der Waals surface area (Å²) in [6.45, 7) is 20.0. The molecule has 0 aromatic heterocycles. The summed E-state index contributed by atoms with van der Waals surface area (Å²) in [7, 11) is -1.62. The molecule has 52 heavy (non-hydrogen) atoms. The first-order valence-corrected chi connectivity index (χ1v) is 20.4. The molecule has 0 saturated carbocycles. The summed E-state index contributed by atoms with van der Waals surface area (Å²) in [4.78, 5) is 58.9. The maximum Gasteiger partial charge on any atom is 0.870 e. The molecule has 0 heterocycles. The Balaban J connectivity index is -0.000000446. The van der Waals surface area contributed by atoms with Crippen LogP contribution in [-0.2, 0) is 55.0 Å². The van der Waals surface area contributed by atoms with Crippen LogP contribution in [0.1, 0.15) is 198 Å². The van der Waals surface area contributed by atoms with Gasteiger partial charge in [-0.1, -0.05) is 133 Å². The predicted octanol–water partition coefficient (Wildman–Crippen LogP) is 10.8. The third-order valence-corrected chi connectivity index (χ3v) is 9.33. The number of hydrogen-bond donors (Lipinski definition) is 2. The van der Waals surface area contributed by atoms with Crippen molar-refractivity contribution >= 4 is 37.2 Å². The first-order valence-electron chi connectivity index (χ1n) is 20.4. The molecule has 0 aliphatic carbocycles. The molecule has 5 unspecified atom stereocenters. The Morgan fingerprint density at radius 1 is 0.404 bits per heavy atom. The summed E-state index contributed by atoms with van der Waals surface area (Å²) >= 11 is 0. The fourth-order valence-electron chi connectivity index (χ4n) is 5.37. The Labute approximate surface area is 328 Å². The van der Waals surface area contributed by atoms with E-state index in [1.807, 2.05) is 34.6 Å². The van der Waals surface area contributed by atoms with E-state index in [1.54, 1.807) is 0 Å². The van der Waals surface area contributed by atoms with E-state index in [9.17, 15) is 24.0 Å². The molecule has 12 heteroatoms. The maximum absolute atomic E-state index is 12.7. The van der Waals surface area contributed by atoms with Crippen LogP contribution in [0.25, 0.3) is 0 Å². The van der Waals surface area contributed by atoms with Crippen molar-refractivity contribution in [3.63, 3.8) is 0 Å². The second kappa shape index (κ2) is 38.7. The number of hydrogen-bond acceptors (Lipinski definition) is 8. The van der Waals surface area contributed by atoms with Gasteiger partial charge in [0.05, 0.1) is 29.6 Å². The average Bonchev–Trinajstić information content (AvgIpc) is 3.10. The van der Waals surface area contributed by atoms with Gasteiger partial charge < -0.3 is 24.2 Å². The van der Waals surface area contributed by atoms with Crippen molar-refractivity contribution < 1.29 is 65.2 Å². The molecule has 0 aromatic carbocycles. The van der Waals surface area contributed by atoms with Gasteiger partial charge in [-0.05, 0) is 64.2 Å². The van der Waals surface area contributed by atoms with E-state index in [4.69, 9.17) is 24.2 Å². The summed E-state index contributed by atoms with van der Waals surface area (Å²) in [5.41, 5.74) is 0. The second-order valence-corrected chi connectivity index (χ2v) is 13.5. The monoisotopic (exact) mass is 791 g/mol. The third-order valence-electron chi connectivity index (χ3n) is 9.33. The Hall–Kier alpha value is -2.07. The smallest absolute Gasteiger partial charge is 0.481 e. The van der Waals surface area contributed by atoms with Crippen LogP contribution < -0.4 is 0 Å². The molecule has 0 bridgehead atoms. The van der Waals surface area contributed by atoms with Crippen LogP contribution in [0.2, 0.25) is 0 Å². The van der Waals surface area contributed by atoms with Gasteiger partial charge in [-0.15, -0.1) is 0 Å². The maximum atomic E-state index is 12.7. The van der Waals surface area contributed by atoms with Gasteiger partial charge >= 0.3 is 19.3 Å². The molecule has 0 aliphatic rings. The molecule has 1 radical (unpaired) electrons. The van der Waals surface area contributed by atoms with Crippen LogP contribution in [0.15, 0.2) is 0 Å². The molecular weight excluding hydrogens is 715 g/mol. The Bertz CT molecular complexity index is 806. The quantitative estimate of drug-likeness (QED) is 0.0732. The molecule has 0 aromatic rings. The average molecular weight is 792 g/mol. The molecule has 0 aliphatic heterocycles. The van der Waals surface area contributed by atoms with Crippen LogP contribution >= 0.6 is 0 Å². The van der Waals surface area contributed by atoms with Crippen molar-refractivity contribution in [2.45, 2.75) is 198 Å². The summed E-state index contributed by atoms with van der Waals surface area (Å²) in [6.07, 6.45) is 17.0. The number of rotatable bonds is 28. The topological polar surface area (TPSA) is 153 Å². The predicted molar refractivity (Wildman–Crippen MR) is 206 cm³/mol. The minimum Gasteiger partial charge on any atom is -0.481 e. The minimum absolute atomic E-state index is 0. The molecule has 0 fully saturated rings. The van der Waals surface area contributed by atoms with E-state index < -0.39 is 37.2 Å². The van der Waals surface area contributed by atoms with Crippen LogP contribution in [-0.4, -0.2) is 47.4 Å². The van der Waals surface area contributed by atoms with Gasteiger partial charge in [0, 0.05) is 17.1 Å². The zero-order chi connectivity index (χ0) is 39.6. The van der Waals surface area contributed by atoms with Gasteiger partial charge in [-0.25, -0.2) is 0 Å². The SMILES string of the molecule is CCCCC(CC)C(=O)O.CCCCC(CC)C(=O)O.CCCCC(CC)C(=O)OB(OC(=O)C(CC)CCCC)OC(=O)C(CC)CCCC.[Cu]. The summed E-state index contributed by atoms with van der Waals surface area (Å²) in [6, 6.07) is 0. The fourth-order valence-corrected chi connectivity index (χ4v) is 5.37. The number of carboxylic acid groups (broad SMARTS) is 2. The molecule has 2 N–H and O–H groups in total. The summed E-state index contributed by atoms with van der Waals surface area (Å²) < 4.78 is 16.2. The van der Waals surface area contributed by atoms with E-state index in [-0.39, 0.29) is 46.7 Å². The van der Waals surface area contributed by atoms with Gasteiger partial charge in [-0.2, -0.15) is 0 Å². The van der Waals surface area contributed by atoms with E-state index in [2.05, 4.69) is 34.6 Å². The second-order valence-electron chi connectivity index (χ2n) is 13.5. The molecular formula is C40H77BCuO10. The molecule has 0 spiro atoms. The Kier molecular flexibility index (Phi) is 42.1. The van der Waals surface area contributed by atoms with Crippen molar-refractivity contribution in [3.8, 4) is 0 Å². The number of unbranched alkanes of at least 4 members (excludes halogenated alkanes) is 5. The van der Waals surface area contributed by atoms with Crippen LogP contribution in [0.5, 0.6) is 0 Å². The van der Waals surface area contributed by atoms with E-state index in [0.717, 1.165) is 89.9 Å².